The van der Waals surface area contributed by atoms with Crippen molar-refractivity contribution in [2.24, 2.45) is 0 Å². The van der Waals surface area contributed by atoms with Crippen LogP contribution in [0.5, 0.6) is 0 Å². The number of benzene rings is 1. The zero-order valence-electron chi connectivity index (χ0n) is 14.1. The number of rotatable bonds is 7. The normalized spacial score (nSPS) is 10.1. The summed E-state index contributed by atoms with van der Waals surface area (Å²) in [5.74, 6) is -1.24. The number of aryl methyl sites for hydroxylation is 3. The Balaban J connectivity index is 2.43. The number of hydrogen-bond donors (Lipinski definition) is 2. The number of carbonyl (C=O) groups excluding carboxylic acids is 3. The summed E-state index contributed by atoms with van der Waals surface area (Å²) in [4.78, 5) is 34.6. The predicted octanol–water partition coefficient (Wildman–Crippen LogP) is 2.01. The molecule has 0 aliphatic carbocycles. The molecule has 0 aromatic heterocycles. The van der Waals surface area contributed by atoms with Crippen LogP contribution in [0.3, 0.4) is 0 Å². The van der Waals surface area contributed by atoms with Gasteiger partial charge in [-0.2, -0.15) is 0 Å². The molecule has 0 unspecified atom stereocenters. The second-order valence-electron chi connectivity index (χ2n) is 5.51. The molecular weight excluding hydrogens is 296 g/mol. The quantitative estimate of drug-likeness (QED) is 0.753. The zero-order chi connectivity index (χ0) is 17.4. The minimum atomic E-state index is -0.498. The highest BCUT2D eigenvalue weighted by Gasteiger charge is 2.11. The molecule has 0 spiro atoms. The Morgan fingerprint density at radius 2 is 1.65 bits per heavy atom. The number of anilines is 1. The minimum absolute atomic E-state index is 0.170. The van der Waals surface area contributed by atoms with Crippen LogP contribution in [0.15, 0.2) is 12.1 Å². The molecule has 0 heterocycles. The van der Waals surface area contributed by atoms with Gasteiger partial charge in [-0.05, 0) is 38.3 Å². The van der Waals surface area contributed by atoms with Crippen LogP contribution in [0.2, 0.25) is 0 Å². The third kappa shape index (κ3) is 6.50. The average molecular weight is 320 g/mol. The largest absolute Gasteiger partial charge is 0.456 e. The van der Waals surface area contributed by atoms with Crippen molar-refractivity contribution in [2.75, 3.05) is 18.5 Å². The van der Waals surface area contributed by atoms with Crippen LogP contribution in [0.25, 0.3) is 0 Å². The summed E-state index contributed by atoms with van der Waals surface area (Å²) in [6.07, 6.45) is 0.942. The Bertz CT molecular complexity index is 573. The van der Waals surface area contributed by atoms with Crippen molar-refractivity contribution in [3.63, 3.8) is 0 Å². The van der Waals surface area contributed by atoms with Crippen LogP contribution in [-0.2, 0) is 19.1 Å². The Hall–Kier alpha value is -2.37. The van der Waals surface area contributed by atoms with Gasteiger partial charge in [0.15, 0.2) is 6.61 Å². The molecule has 0 radical (unpaired) electrons. The lowest BCUT2D eigenvalue weighted by atomic mass is 10.1. The lowest BCUT2D eigenvalue weighted by Crippen LogP contribution is -2.35. The van der Waals surface area contributed by atoms with Crippen molar-refractivity contribution >= 4 is 23.5 Å². The van der Waals surface area contributed by atoms with Crippen molar-refractivity contribution in [3.05, 3.63) is 28.8 Å². The van der Waals surface area contributed by atoms with Crippen LogP contribution in [0.4, 0.5) is 5.69 Å². The zero-order valence-corrected chi connectivity index (χ0v) is 14.1. The molecule has 0 saturated heterocycles. The van der Waals surface area contributed by atoms with E-state index in [1.54, 1.807) is 0 Å². The van der Waals surface area contributed by atoms with E-state index in [9.17, 15) is 14.4 Å². The molecule has 1 rings (SSSR count). The van der Waals surface area contributed by atoms with E-state index in [1.807, 2.05) is 39.8 Å². The topological polar surface area (TPSA) is 84.5 Å². The van der Waals surface area contributed by atoms with Gasteiger partial charge in [-0.1, -0.05) is 24.6 Å². The van der Waals surface area contributed by atoms with Gasteiger partial charge in [0.05, 0.1) is 6.54 Å². The van der Waals surface area contributed by atoms with Crippen molar-refractivity contribution in [1.29, 1.82) is 0 Å². The number of carbonyl (C=O) groups is 3. The first-order valence-corrected chi connectivity index (χ1v) is 7.63. The Morgan fingerprint density at radius 3 is 2.22 bits per heavy atom. The Labute approximate surface area is 136 Å². The van der Waals surface area contributed by atoms with Gasteiger partial charge in [-0.25, -0.2) is 0 Å². The monoisotopic (exact) mass is 320 g/mol. The van der Waals surface area contributed by atoms with Crippen LogP contribution in [0.1, 0.15) is 36.5 Å². The average Bonchev–Trinajstić information content (AvgIpc) is 2.47. The maximum atomic E-state index is 11.9. The van der Waals surface area contributed by atoms with Crippen LogP contribution in [-0.4, -0.2) is 30.9 Å². The fourth-order valence-corrected chi connectivity index (χ4v) is 2.21. The minimum Gasteiger partial charge on any atom is -0.456 e. The van der Waals surface area contributed by atoms with E-state index in [1.165, 1.54) is 0 Å². The van der Waals surface area contributed by atoms with E-state index in [0.29, 0.717) is 6.42 Å². The molecule has 2 N–H and O–H groups in total. The molecule has 126 valence electrons. The van der Waals surface area contributed by atoms with E-state index < -0.39 is 11.9 Å². The van der Waals surface area contributed by atoms with Gasteiger partial charge < -0.3 is 15.4 Å². The molecular formula is C17H24N2O4. The molecule has 0 aliphatic rings. The third-order valence-corrected chi connectivity index (χ3v) is 3.21. The maximum absolute atomic E-state index is 11.9. The summed E-state index contributed by atoms with van der Waals surface area (Å²) in [5.41, 5.74) is 3.82. The highest BCUT2D eigenvalue weighted by molar-refractivity contribution is 5.96. The van der Waals surface area contributed by atoms with E-state index >= 15 is 0 Å². The van der Waals surface area contributed by atoms with Crippen molar-refractivity contribution in [1.82, 2.24) is 5.32 Å². The van der Waals surface area contributed by atoms with Gasteiger partial charge in [-0.3, -0.25) is 14.4 Å². The van der Waals surface area contributed by atoms with Crippen LogP contribution in [0, 0.1) is 20.8 Å². The first-order valence-electron chi connectivity index (χ1n) is 7.63. The van der Waals surface area contributed by atoms with Gasteiger partial charge in [0.25, 0.3) is 5.91 Å². The van der Waals surface area contributed by atoms with E-state index in [4.69, 9.17) is 4.74 Å². The van der Waals surface area contributed by atoms with Gasteiger partial charge in [0.2, 0.25) is 5.91 Å². The summed E-state index contributed by atoms with van der Waals surface area (Å²) in [5, 5.41) is 5.21. The summed E-state index contributed by atoms with van der Waals surface area (Å²) >= 11 is 0. The van der Waals surface area contributed by atoms with E-state index in [0.717, 1.165) is 22.4 Å². The van der Waals surface area contributed by atoms with E-state index in [-0.39, 0.29) is 25.5 Å². The second kappa shape index (κ2) is 8.92. The highest BCUT2D eigenvalue weighted by atomic mass is 16.5. The number of amides is 2. The number of nitrogens with one attached hydrogen (secondary N) is 2. The number of ether oxygens (including phenoxy) is 1. The first kappa shape index (κ1) is 18.7. The molecule has 23 heavy (non-hydrogen) atoms. The van der Waals surface area contributed by atoms with E-state index in [2.05, 4.69) is 10.6 Å². The van der Waals surface area contributed by atoms with Crippen molar-refractivity contribution in [3.8, 4) is 0 Å². The third-order valence-electron chi connectivity index (χ3n) is 3.21. The molecule has 2 amide bonds. The molecule has 6 nitrogen and oxygen atoms in total. The molecule has 0 aliphatic heterocycles. The van der Waals surface area contributed by atoms with Gasteiger partial charge in [0.1, 0.15) is 0 Å². The number of hydrogen-bond acceptors (Lipinski definition) is 4. The molecule has 1 aromatic carbocycles. The summed E-state index contributed by atoms with van der Waals surface area (Å²) in [6.45, 7) is 7.14. The summed E-state index contributed by atoms with van der Waals surface area (Å²) in [7, 11) is 0. The summed E-state index contributed by atoms with van der Waals surface area (Å²) < 4.78 is 4.76. The molecule has 0 atom stereocenters. The van der Waals surface area contributed by atoms with Gasteiger partial charge >= 0.3 is 5.97 Å². The summed E-state index contributed by atoms with van der Waals surface area (Å²) in [6, 6.07) is 3.96. The Morgan fingerprint density at radius 1 is 1.04 bits per heavy atom. The Kier molecular flexibility index (Phi) is 7.25. The predicted molar refractivity (Wildman–Crippen MR) is 88.2 cm³/mol. The molecule has 0 bridgehead atoms. The van der Waals surface area contributed by atoms with Crippen LogP contribution < -0.4 is 10.6 Å². The lowest BCUT2D eigenvalue weighted by Gasteiger charge is -2.13. The standard InChI is InChI=1S/C17H24N2O4/c1-5-6-16(22)23-10-15(21)18-9-14(20)19-17-12(3)7-11(2)8-13(17)4/h7-8H,5-6,9-10H2,1-4H3,(H,18,21)(H,19,20). The molecule has 0 fully saturated rings. The molecule has 6 heteroatoms. The fourth-order valence-electron chi connectivity index (χ4n) is 2.21. The maximum Gasteiger partial charge on any atom is 0.306 e. The molecule has 0 saturated carbocycles. The van der Waals surface area contributed by atoms with Gasteiger partial charge in [-0.15, -0.1) is 0 Å². The lowest BCUT2D eigenvalue weighted by molar-refractivity contribution is -0.148. The van der Waals surface area contributed by atoms with Crippen molar-refractivity contribution < 1.29 is 19.1 Å². The fraction of sp³-hybridized carbons (Fsp3) is 0.471. The smallest absolute Gasteiger partial charge is 0.306 e. The second-order valence-corrected chi connectivity index (χ2v) is 5.51. The van der Waals surface area contributed by atoms with Crippen molar-refractivity contribution in [2.45, 2.75) is 40.5 Å². The SMILES string of the molecule is CCCC(=O)OCC(=O)NCC(=O)Nc1c(C)cc(C)cc1C. The first-order chi connectivity index (χ1) is 10.8. The van der Waals surface area contributed by atoms with Gasteiger partial charge in [0, 0.05) is 12.1 Å². The number of esters is 1. The van der Waals surface area contributed by atoms with Crippen LogP contribution >= 0.6 is 0 Å². The molecule has 1 aromatic rings. The highest BCUT2D eigenvalue weighted by Crippen LogP contribution is 2.21.